The minimum Gasteiger partial charge on any atom is -0.444 e. The number of rotatable bonds is 4. The number of anilines is 1. The molecule has 172 valence electrons. The molecule has 2 amide bonds. The van der Waals surface area contributed by atoms with E-state index in [9.17, 15) is 14.7 Å². The van der Waals surface area contributed by atoms with E-state index in [1.54, 1.807) is 4.90 Å². The normalized spacial score (nSPS) is 22.8. The van der Waals surface area contributed by atoms with E-state index < -0.39 is 5.60 Å². The zero-order valence-electron chi connectivity index (χ0n) is 19.3. The van der Waals surface area contributed by atoms with Gasteiger partial charge in [-0.05, 0) is 76.6 Å². The molecule has 7 nitrogen and oxygen atoms in total. The summed E-state index contributed by atoms with van der Waals surface area (Å²) in [6, 6.07) is 6.08. The van der Waals surface area contributed by atoms with Crippen molar-refractivity contribution in [1.82, 2.24) is 9.80 Å². The molecule has 2 N–H and O–H groups in total. The van der Waals surface area contributed by atoms with E-state index in [1.165, 1.54) is 5.56 Å². The van der Waals surface area contributed by atoms with Crippen molar-refractivity contribution >= 4 is 17.7 Å². The van der Waals surface area contributed by atoms with Crippen molar-refractivity contribution in [3.05, 3.63) is 29.3 Å². The zero-order valence-corrected chi connectivity index (χ0v) is 19.3. The molecule has 0 atom stereocenters. The fourth-order valence-electron chi connectivity index (χ4n) is 4.19. The molecule has 1 aromatic carbocycles. The van der Waals surface area contributed by atoms with Gasteiger partial charge in [0.1, 0.15) is 5.60 Å². The highest BCUT2D eigenvalue weighted by atomic mass is 16.6. The monoisotopic (exact) mass is 431 g/mol. The number of piperazine rings is 1. The molecule has 2 aliphatic rings. The van der Waals surface area contributed by atoms with Gasteiger partial charge in [-0.15, -0.1) is 0 Å². The molecule has 1 saturated carbocycles. The van der Waals surface area contributed by atoms with Gasteiger partial charge in [-0.2, -0.15) is 0 Å². The number of carbonyl (C=O) groups is 2. The highest BCUT2D eigenvalue weighted by molar-refractivity contribution is 5.92. The van der Waals surface area contributed by atoms with Gasteiger partial charge in [0.2, 0.25) is 5.91 Å². The smallest absolute Gasteiger partial charge is 0.410 e. The first-order valence-corrected chi connectivity index (χ1v) is 11.4. The summed E-state index contributed by atoms with van der Waals surface area (Å²) in [6.07, 6.45) is 2.42. The van der Waals surface area contributed by atoms with Crippen LogP contribution in [-0.4, -0.2) is 64.8 Å². The van der Waals surface area contributed by atoms with Gasteiger partial charge in [-0.25, -0.2) is 4.79 Å². The first-order valence-electron chi connectivity index (χ1n) is 11.4. The van der Waals surface area contributed by atoms with Crippen LogP contribution in [0.5, 0.6) is 0 Å². The van der Waals surface area contributed by atoms with E-state index in [-0.39, 0.29) is 24.0 Å². The average Bonchev–Trinajstić information content (AvgIpc) is 2.70. The van der Waals surface area contributed by atoms with Crippen molar-refractivity contribution in [2.75, 3.05) is 31.5 Å². The number of aliphatic hydroxyl groups excluding tert-OH is 1. The second kappa shape index (κ2) is 10.0. The predicted octanol–water partition coefficient (Wildman–Crippen LogP) is 3.54. The van der Waals surface area contributed by atoms with Gasteiger partial charge in [0, 0.05) is 44.3 Å². The first kappa shape index (κ1) is 23.5. The second-order valence-electron chi connectivity index (χ2n) is 9.88. The van der Waals surface area contributed by atoms with Gasteiger partial charge in [-0.1, -0.05) is 6.07 Å². The van der Waals surface area contributed by atoms with Crippen LogP contribution >= 0.6 is 0 Å². The summed E-state index contributed by atoms with van der Waals surface area (Å²) in [6.45, 7) is 11.5. The molecule has 31 heavy (non-hydrogen) atoms. The molecule has 0 aromatic heterocycles. The Morgan fingerprint density at radius 1 is 1.10 bits per heavy atom. The Labute approximate surface area is 185 Å². The predicted molar refractivity (Wildman–Crippen MR) is 121 cm³/mol. The van der Waals surface area contributed by atoms with Crippen LogP contribution in [0, 0.1) is 12.8 Å². The highest BCUT2D eigenvalue weighted by Crippen LogP contribution is 2.26. The van der Waals surface area contributed by atoms with Crippen LogP contribution in [0.15, 0.2) is 18.2 Å². The quantitative estimate of drug-likeness (QED) is 0.762. The van der Waals surface area contributed by atoms with E-state index in [2.05, 4.69) is 23.2 Å². The van der Waals surface area contributed by atoms with Gasteiger partial charge in [0.25, 0.3) is 0 Å². The summed E-state index contributed by atoms with van der Waals surface area (Å²) in [5, 5.41) is 12.7. The maximum atomic E-state index is 12.5. The summed E-state index contributed by atoms with van der Waals surface area (Å²) in [5.41, 5.74) is 2.73. The van der Waals surface area contributed by atoms with Gasteiger partial charge in [0.05, 0.1) is 6.10 Å². The lowest BCUT2D eigenvalue weighted by Gasteiger charge is -2.35. The van der Waals surface area contributed by atoms with E-state index in [4.69, 9.17) is 4.74 Å². The molecule has 7 heteroatoms. The summed E-state index contributed by atoms with van der Waals surface area (Å²) in [4.78, 5) is 28.9. The largest absolute Gasteiger partial charge is 0.444 e. The first-order chi connectivity index (χ1) is 14.6. The molecule has 3 rings (SSSR count). The second-order valence-corrected chi connectivity index (χ2v) is 9.88. The third-order valence-electron chi connectivity index (χ3n) is 6.10. The Balaban J connectivity index is 1.49. The minimum atomic E-state index is -0.471. The maximum absolute atomic E-state index is 12.5. The number of hydrogen-bond acceptors (Lipinski definition) is 5. The number of amides is 2. The van der Waals surface area contributed by atoms with Crippen molar-refractivity contribution in [1.29, 1.82) is 0 Å². The fourth-order valence-corrected chi connectivity index (χ4v) is 4.19. The Bertz CT molecular complexity index is 774. The zero-order chi connectivity index (χ0) is 22.6. The van der Waals surface area contributed by atoms with E-state index >= 15 is 0 Å². The molecular formula is C24H37N3O4. The molecule has 1 heterocycles. The molecule has 0 bridgehead atoms. The van der Waals surface area contributed by atoms with Crippen LogP contribution in [0.1, 0.15) is 57.6 Å². The standard InChI is InChI=1S/C24H37N3O4/c1-17-15-20(25-22(29)18-6-9-21(28)10-7-18)8-5-19(17)16-26-11-13-27(14-12-26)23(30)31-24(2,3)4/h5,8,15,18,21,28H,6-7,9-14,16H2,1-4H3,(H,25,29). The maximum Gasteiger partial charge on any atom is 0.410 e. The van der Waals surface area contributed by atoms with E-state index in [1.807, 2.05) is 32.9 Å². The molecule has 0 spiro atoms. The number of aryl methyl sites for hydroxylation is 1. The van der Waals surface area contributed by atoms with Crippen LogP contribution in [0.4, 0.5) is 10.5 Å². The van der Waals surface area contributed by atoms with Gasteiger partial charge >= 0.3 is 6.09 Å². The van der Waals surface area contributed by atoms with Crippen molar-refractivity contribution in [2.45, 2.75) is 71.6 Å². The van der Waals surface area contributed by atoms with Gasteiger partial charge in [-0.3, -0.25) is 9.69 Å². The van der Waals surface area contributed by atoms with Crippen LogP contribution in [0.2, 0.25) is 0 Å². The molecule has 0 unspecified atom stereocenters. The summed E-state index contributed by atoms with van der Waals surface area (Å²) >= 11 is 0. The molecule has 2 fully saturated rings. The molecule has 1 aliphatic carbocycles. The summed E-state index contributed by atoms with van der Waals surface area (Å²) < 4.78 is 5.47. The number of nitrogens with zero attached hydrogens (tertiary/aromatic N) is 2. The number of benzene rings is 1. The topological polar surface area (TPSA) is 82.1 Å². The number of carbonyl (C=O) groups excluding carboxylic acids is 2. The molecule has 1 aromatic rings. The number of ether oxygens (including phenoxy) is 1. The Kier molecular flexibility index (Phi) is 7.59. The van der Waals surface area contributed by atoms with Crippen molar-refractivity contribution < 1.29 is 19.4 Å². The van der Waals surface area contributed by atoms with E-state index in [0.717, 1.165) is 43.7 Å². The van der Waals surface area contributed by atoms with Gasteiger partial charge < -0.3 is 20.1 Å². The molecule has 1 aliphatic heterocycles. The van der Waals surface area contributed by atoms with Crippen molar-refractivity contribution in [3.63, 3.8) is 0 Å². The van der Waals surface area contributed by atoms with Crippen LogP contribution in [0.25, 0.3) is 0 Å². The Morgan fingerprint density at radius 3 is 2.32 bits per heavy atom. The number of aliphatic hydroxyl groups is 1. The third-order valence-corrected chi connectivity index (χ3v) is 6.10. The van der Waals surface area contributed by atoms with Gasteiger partial charge in [0.15, 0.2) is 0 Å². The van der Waals surface area contributed by atoms with E-state index in [0.29, 0.717) is 25.9 Å². The molecular weight excluding hydrogens is 394 g/mol. The molecule has 1 saturated heterocycles. The fraction of sp³-hybridized carbons (Fsp3) is 0.667. The number of nitrogens with one attached hydrogen (secondary N) is 1. The Hall–Kier alpha value is -2.12. The summed E-state index contributed by atoms with van der Waals surface area (Å²) in [5.74, 6) is 0.0435. The minimum absolute atomic E-state index is 0.00958. The lowest BCUT2D eigenvalue weighted by molar-refractivity contribution is -0.121. The van der Waals surface area contributed by atoms with Crippen LogP contribution in [-0.2, 0) is 16.1 Å². The lowest BCUT2D eigenvalue weighted by Crippen LogP contribution is -2.49. The summed E-state index contributed by atoms with van der Waals surface area (Å²) in [7, 11) is 0. The number of hydrogen-bond donors (Lipinski definition) is 2. The highest BCUT2D eigenvalue weighted by Gasteiger charge is 2.27. The third kappa shape index (κ3) is 6.94. The molecule has 0 radical (unpaired) electrons. The average molecular weight is 432 g/mol. The lowest BCUT2D eigenvalue weighted by atomic mass is 9.87. The van der Waals surface area contributed by atoms with Crippen LogP contribution in [0.3, 0.4) is 0 Å². The Morgan fingerprint density at radius 2 is 1.74 bits per heavy atom. The van der Waals surface area contributed by atoms with Crippen molar-refractivity contribution in [2.24, 2.45) is 5.92 Å². The SMILES string of the molecule is Cc1cc(NC(=O)C2CCC(O)CC2)ccc1CN1CCN(C(=O)OC(C)(C)C)CC1. The van der Waals surface area contributed by atoms with Crippen molar-refractivity contribution in [3.8, 4) is 0 Å². The van der Waals surface area contributed by atoms with Crippen LogP contribution < -0.4 is 5.32 Å².